The zero-order valence-corrected chi connectivity index (χ0v) is 11.2. The van der Waals surface area contributed by atoms with E-state index in [4.69, 9.17) is 5.73 Å². The molecule has 0 spiro atoms. The molecule has 0 aromatic heterocycles. The van der Waals surface area contributed by atoms with Crippen LogP contribution in [0.3, 0.4) is 0 Å². The van der Waals surface area contributed by atoms with Gasteiger partial charge in [-0.1, -0.05) is 26.0 Å². The predicted octanol–water partition coefficient (Wildman–Crippen LogP) is 2.89. The quantitative estimate of drug-likeness (QED) is 0.791. The van der Waals surface area contributed by atoms with E-state index in [1.807, 2.05) is 12.1 Å². The minimum Gasteiger partial charge on any atom is -0.399 e. The zero-order valence-electron chi connectivity index (χ0n) is 11.2. The Morgan fingerprint density at radius 2 is 1.82 bits per heavy atom. The molecule has 0 saturated heterocycles. The number of likely N-dealkylation sites (N-methyl/N-ethyl adjacent to an activating group) is 1. The van der Waals surface area contributed by atoms with E-state index in [1.54, 1.807) is 0 Å². The van der Waals surface area contributed by atoms with Gasteiger partial charge in [0.2, 0.25) is 0 Å². The van der Waals surface area contributed by atoms with E-state index in [0.29, 0.717) is 5.41 Å². The van der Waals surface area contributed by atoms with Crippen molar-refractivity contribution in [3.8, 4) is 0 Å². The maximum atomic E-state index is 5.75. The summed E-state index contributed by atoms with van der Waals surface area (Å²) in [6.07, 6.45) is 2.64. The minimum absolute atomic E-state index is 0.414. The topological polar surface area (TPSA) is 29.3 Å². The number of rotatable bonds is 5. The molecule has 0 unspecified atom stereocenters. The highest BCUT2D eigenvalue weighted by atomic mass is 15.1. The summed E-state index contributed by atoms with van der Waals surface area (Å²) >= 11 is 0. The lowest BCUT2D eigenvalue weighted by atomic mass is 9.95. The van der Waals surface area contributed by atoms with Gasteiger partial charge in [-0.3, -0.25) is 0 Å². The average Bonchev–Trinajstić information content (AvgIpc) is 2.98. The fraction of sp³-hybridized carbons (Fsp3) is 0.600. The summed E-state index contributed by atoms with van der Waals surface area (Å²) in [5.41, 5.74) is 8.48. The predicted molar refractivity (Wildman–Crippen MR) is 74.1 cm³/mol. The number of hydrogen-bond donors (Lipinski definition) is 1. The second-order valence-corrected chi connectivity index (χ2v) is 5.99. The highest BCUT2D eigenvalue weighted by Gasteiger charge is 2.44. The lowest BCUT2D eigenvalue weighted by Gasteiger charge is -2.25. The van der Waals surface area contributed by atoms with Crippen molar-refractivity contribution in [1.82, 2.24) is 4.90 Å². The van der Waals surface area contributed by atoms with Gasteiger partial charge >= 0.3 is 0 Å². The first-order valence-corrected chi connectivity index (χ1v) is 6.56. The van der Waals surface area contributed by atoms with Crippen LogP contribution >= 0.6 is 0 Å². The lowest BCUT2D eigenvalue weighted by molar-refractivity contribution is 0.270. The van der Waals surface area contributed by atoms with Crippen molar-refractivity contribution in [1.29, 1.82) is 0 Å². The van der Waals surface area contributed by atoms with Gasteiger partial charge in [0.15, 0.2) is 0 Å². The summed E-state index contributed by atoms with van der Waals surface area (Å²) in [4.78, 5) is 2.47. The maximum Gasteiger partial charge on any atom is 0.0314 e. The van der Waals surface area contributed by atoms with E-state index in [1.165, 1.54) is 31.5 Å². The summed E-state index contributed by atoms with van der Waals surface area (Å²) in [5.74, 6) is 0.738. The fourth-order valence-electron chi connectivity index (χ4n) is 2.73. The molecular formula is C15H24N2. The molecule has 1 aromatic carbocycles. The lowest BCUT2D eigenvalue weighted by Crippen LogP contribution is -2.32. The second-order valence-electron chi connectivity index (χ2n) is 5.99. The molecule has 2 N–H and O–H groups in total. The van der Waals surface area contributed by atoms with E-state index in [-0.39, 0.29) is 0 Å². The number of anilines is 1. The van der Waals surface area contributed by atoms with Crippen molar-refractivity contribution < 1.29 is 0 Å². The van der Waals surface area contributed by atoms with Crippen LogP contribution in [0.1, 0.15) is 32.3 Å². The molecule has 17 heavy (non-hydrogen) atoms. The van der Waals surface area contributed by atoms with Crippen LogP contribution in [-0.4, -0.2) is 25.0 Å². The largest absolute Gasteiger partial charge is 0.399 e. The van der Waals surface area contributed by atoms with Crippen molar-refractivity contribution in [2.75, 3.05) is 25.9 Å². The highest BCUT2D eigenvalue weighted by molar-refractivity contribution is 5.43. The number of benzene rings is 1. The molecule has 0 heterocycles. The van der Waals surface area contributed by atoms with E-state index < -0.39 is 0 Å². The molecule has 2 rings (SSSR count). The molecule has 1 aromatic rings. The monoisotopic (exact) mass is 232 g/mol. The molecule has 1 fully saturated rings. The van der Waals surface area contributed by atoms with Crippen LogP contribution in [-0.2, 0) is 5.41 Å². The first-order valence-electron chi connectivity index (χ1n) is 6.56. The fourth-order valence-corrected chi connectivity index (χ4v) is 2.73. The van der Waals surface area contributed by atoms with Gasteiger partial charge in [-0.2, -0.15) is 0 Å². The molecule has 1 aliphatic carbocycles. The van der Waals surface area contributed by atoms with Crippen molar-refractivity contribution in [2.45, 2.75) is 32.1 Å². The molecular weight excluding hydrogens is 208 g/mol. The molecule has 0 aliphatic heterocycles. The third-order valence-electron chi connectivity index (χ3n) is 3.63. The van der Waals surface area contributed by atoms with Crippen LogP contribution in [0, 0.1) is 5.92 Å². The van der Waals surface area contributed by atoms with Crippen LogP contribution in [0.25, 0.3) is 0 Å². The van der Waals surface area contributed by atoms with E-state index >= 15 is 0 Å². The van der Waals surface area contributed by atoms with E-state index in [0.717, 1.165) is 11.6 Å². The van der Waals surface area contributed by atoms with Crippen LogP contribution in [0.2, 0.25) is 0 Å². The molecule has 0 atom stereocenters. The third kappa shape index (κ3) is 3.01. The zero-order chi connectivity index (χ0) is 12.5. The van der Waals surface area contributed by atoms with Crippen molar-refractivity contribution in [2.24, 2.45) is 5.92 Å². The molecule has 1 saturated carbocycles. The van der Waals surface area contributed by atoms with Crippen molar-refractivity contribution >= 4 is 5.69 Å². The third-order valence-corrected chi connectivity index (χ3v) is 3.63. The first kappa shape index (κ1) is 12.4. The van der Waals surface area contributed by atoms with Crippen LogP contribution < -0.4 is 5.73 Å². The van der Waals surface area contributed by atoms with Crippen molar-refractivity contribution in [3.63, 3.8) is 0 Å². The van der Waals surface area contributed by atoms with Gasteiger partial charge in [0.1, 0.15) is 0 Å². The Hall–Kier alpha value is -1.02. The van der Waals surface area contributed by atoms with Crippen LogP contribution in [0.15, 0.2) is 24.3 Å². The first-order chi connectivity index (χ1) is 8.02. The number of nitrogen functional groups attached to an aromatic ring is 1. The summed E-state index contributed by atoms with van der Waals surface area (Å²) < 4.78 is 0. The molecule has 0 amide bonds. The van der Waals surface area contributed by atoms with Gasteiger partial charge < -0.3 is 10.6 Å². The van der Waals surface area contributed by atoms with Gasteiger partial charge in [0.05, 0.1) is 0 Å². The molecule has 0 bridgehead atoms. The Bertz CT molecular complexity index is 363. The SMILES string of the molecule is CC(C)CN(C)CC1(c2ccc(N)cc2)CC1. The maximum absolute atomic E-state index is 5.75. The number of nitrogens with zero attached hydrogens (tertiary/aromatic N) is 1. The Kier molecular flexibility index (Phi) is 3.43. The average molecular weight is 232 g/mol. The summed E-state index contributed by atoms with van der Waals surface area (Å²) in [6, 6.07) is 8.45. The molecule has 94 valence electrons. The summed E-state index contributed by atoms with van der Waals surface area (Å²) in [7, 11) is 2.23. The van der Waals surface area contributed by atoms with E-state index in [2.05, 4.69) is 37.9 Å². The van der Waals surface area contributed by atoms with Gasteiger partial charge in [0, 0.05) is 24.2 Å². The smallest absolute Gasteiger partial charge is 0.0314 e. The normalized spacial score (nSPS) is 17.7. The summed E-state index contributed by atoms with van der Waals surface area (Å²) in [6.45, 7) is 6.91. The van der Waals surface area contributed by atoms with Gasteiger partial charge in [-0.25, -0.2) is 0 Å². The molecule has 0 radical (unpaired) electrons. The van der Waals surface area contributed by atoms with Crippen LogP contribution in [0.5, 0.6) is 0 Å². The van der Waals surface area contributed by atoms with Gasteiger partial charge in [-0.15, -0.1) is 0 Å². The van der Waals surface area contributed by atoms with Gasteiger partial charge in [0.25, 0.3) is 0 Å². The number of hydrogen-bond acceptors (Lipinski definition) is 2. The molecule has 1 aliphatic rings. The van der Waals surface area contributed by atoms with E-state index in [9.17, 15) is 0 Å². The second kappa shape index (κ2) is 4.69. The molecule has 2 heteroatoms. The Balaban J connectivity index is 2.02. The van der Waals surface area contributed by atoms with Crippen molar-refractivity contribution in [3.05, 3.63) is 29.8 Å². The Morgan fingerprint density at radius 3 is 2.29 bits per heavy atom. The Morgan fingerprint density at radius 1 is 1.24 bits per heavy atom. The standard InChI is InChI=1S/C15H24N2/c1-12(2)10-17(3)11-15(8-9-15)13-4-6-14(16)7-5-13/h4-7,12H,8-11,16H2,1-3H3. The van der Waals surface area contributed by atoms with Gasteiger partial charge in [-0.05, 0) is 43.5 Å². The van der Waals surface area contributed by atoms with Crippen LogP contribution in [0.4, 0.5) is 5.69 Å². The molecule has 2 nitrogen and oxygen atoms in total. The highest BCUT2D eigenvalue weighted by Crippen LogP contribution is 2.48. The Labute approximate surface area is 105 Å². The summed E-state index contributed by atoms with van der Waals surface area (Å²) in [5, 5.41) is 0. The minimum atomic E-state index is 0.414. The number of nitrogens with two attached hydrogens (primary N) is 1.